The Labute approximate surface area is 102 Å². The topological polar surface area (TPSA) is 24.9 Å². The van der Waals surface area contributed by atoms with Gasteiger partial charge in [-0.2, -0.15) is 0 Å². The molecule has 2 nitrogen and oxygen atoms in total. The minimum Gasteiger partial charge on any atom is -0.310 e. The summed E-state index contributed by atoms with van der Waals surface area (Å²) in [6, 6.07) is 4.25. The summed E-state index contributed by atoms with van der Waals surface area (Å²) < 4.78 is 0. The minimum atomic E-state index is 0.365. The van der Waals surface area contributed by atoms with Gasteiger partial charge in [0.1, 0.15) is 5.15 Å². The van der Waals surface area contributed by atoms with Gasteiger partial charge in [-0.25, -0.2) is 4.98 Å². The molecule has 0 saturated heterocycles. The first kappa shape index (κ1) is 11.9. The molecule has 1 unspecified atom stereocenters. The van der Waals surface area contributed by atoms with Crippen LogP contribution in [0.15, 0.2) is 18.3 Å². The highest BCUT2D eigenvalue weighted by Gasteiger charge is 2.20. The molecule has 1 heterocycles. The Morgan fingerprint density at radius 1 is 1.50 bits per heavy atom. The van der Waals surface area contributed by atoms with E-state index < -0.39 is 0 Å². The van der Waals surface area contributed by atoms with E-state index in [-0.39, 0.29) is 0 Å². The largest absolute Gasteiger partial charge is 0.310 e. The van der Waals surface area contributed by atoms with Gasteiger partial charge < -0.3 is 5.32 Å². The number of aromatic nitrogens is 1. The van der Waals surface area contributed by atoms with Crippen molar-refractivity contribution in [2.24, 2.45) is 5.92 Å². The second-order valence-corrected chi connectivity index (χ2v) is 5.06. The lowest BCUT2D eigenvalue weighted by Crippen LogP contribution is -2.20. The summed E-state index contributed by atoms with van der Waals surface area (Å²) in [6.45, 7) is 3.27. The molecule has 0 amide bonds. The molecule has 2 rings (SSSR count). The first-order valence-corrected chi connectivity index (χ1v) is 6.48. The average Bonchev–Trinajstić information content (AvgIpc) is 3.09. The van der Waals surface area contributed by atoms with Gasteiger partial charge in [0.05, 0.1) is 0 Å². The van der Waals surface area contributed by atoms with Gasteiger partial charge in [-0.1, -0.05) is 30.5 Å². The lowest BCUT2D eigenvalue weighted by molar-refractivity contribution is 0.532. The van der Waals surface area contributed by atoms with Gasteiger partial charge in [-0.05, 0) is 43.9 Å². The zero-order valence-corrected chi connectivity index (χ0v) is 10.5. The summed E-state index contributed by atoms with van der Waals surface area (Å²) in [5.41, 5.74) is 1.20. The molecule has 1 fully saturated rings. The lowest BCUT2D eigenvalue weighted by atomic mass is 10.1. The fourth-order valence-electron chi connectivity index (χ4n) is 1.88. The summed E-state index contributed by atoms with van der Waals surface area (Å²) in [4.78, 5) is 4.09. The van der Waals surface area contributed by atoms with Crippen molar-refractivity contribution in [3.05, 3.63) is 29.0 Å². The molecular formula is C13H19ClN2. The van der Waals surface area contributed by atoms with Crippen molar-refractivity contribution in [2.45, 2.75) is 38.6 Å². The lowest BCUT2D eigenvalue weighted by Gasteiger charge is -2.13. The van der Waals surface area contributed by atoms with E-state index in [1.54, 1.807) is 0 Å². The molecule has 0 radical (unpaired) electrons. The third-order valence-electron chi connectivity index (χ3n) is 3.19. The molecule has 1 aromatic heterocycles. The maximum atomic E-state index is 5.75. The average molecular weight is 239 g/mol. The number of rotatable bonds is 6. The van der Waals surface area contributed by atoms with Gasteiger partial charge in [-0.15, -0.1) is 0 Å². The molecule has 3 heteroatoms. The standard InChI is InChI=1S/C13H19ClN2/c1-10(12-6-7-13(14)16-9-12)15-8-2-3-11-4-5-11/h6-7,9-11,15H,2-5,8H2,1H3. The molecule has 1 atom stereocenters. The van der Waals surface area contributed by atoms with E-state index in [0.29, 0.717) is 11.2 Å². The van der Waals surface area contributed by atoms with E-state index >= 15 is 0 Å². The predicted molar refractivity (Wildman–Crippen MR) is 67.6 cm³/mol. The Bertz CT molecular complexity index is 319. The van der Waals surface area contributed by atoms with Crippen LogP contribution in [0.25, 0.3) is 0 Å². The van der Waals surface area contributed by atoms with Crippen molar-refractivity contribution in [2.75, 3.05) is 6.54 Å². The van der Waals surface area contributed by atoms with Crippen molar-refractivity contribution >= 4 is 11.6 Å². The Balaban J connectivity index is 1.69. The summed E-state index contributed by atoms with van der Waals surface area (Å²) in [5.74, 6) is 1.04. The second kappa shape index (κ2) is 5.65. The van der Waals surface area contributed by atoms with Gasteiger partial charge in [0.2, 0.25) is 0 Å². The van der Waals surface area contributed by atoms with Crippen molar-refractivity contribution in [3.8, 4) is 0 Å². The zero-order chi connectivity index (χ0) is 11.4. The molecular weight excluding hydrogens is 220 g/mol. The van der Waals surface area contributed by atoms with Crippen LogP contribution in [0, 0.1) is 5.92 Å². The van der Waals surface area contributed by atoms with Gasteiger partial charge in [-0.3, -0.25) is 0 Å². The molecule has 0 bridgehead atoms. The highest BCUT2D eigenvalue weighted by Crippen LogP contribution is 2.33. The quantitative estimate of drug-likeness (QED) is 0.605. The molecule has 1 aliphatic rings. The van der Waals surface area contributed by atoms with Gasteiger partial charge >= 0.3 is 0 Å². The summed E-state index contributed by atoms with van der Waals surface area (Å²) in [7, 11) is 0. The van der Waals surface area contributed by atoms with Crippen LogP contribution in [0.5, 0.6) is 0 Å². The van der Waals surface area contributed by atoms with E-state index in [1.807, 2.05) is 18.3 Å². The SMILES string of the molecule is CC(NCCCC1CC1)c1ccc(Cl)nc1. The van der Waals surface area contributed by atoms with E-state index in [4.69, 9.17) is 11.6 Å². The third-order valence-corrected chi connectivity index (χ3v) is 3.41. The van der Waals surface area contributed by atoms with E-state index in [0.717, 1.165) is 12.5 Å². The maximum absolute atomic E-state index is 5.75. The van der Waals surface area contributed by atoms with Crippen LogP contribution in [-0.4, -0.2) is 11.5 Å². The predicted octanol–water partition coefficient (Wildman–Crippen LogP) is 3.58. The van der Waals surface area contributed by atoms with Crippen LogP contribution in [0.4, 0.5) is 0 Å². The van der Waals surface area contributed by atoms with E-state index in [9.17, 15) is 0 Å². The van der Waals surface area contributed by atoms with Gasteiger partial charge in [0, 0.05) is 12.2 Å². The maximum Gasteiger partial charge on any atom is 0.129 e. The molecule has 1 aromatic rings. The van der Waals surface area contributed by atoms with Crippen molar-refractivity contribution < 1.29 is 0 Å². The fourth-order valence-corrected chi connectivity index (χ4v) is 1.99. The number of hydrogen-bond donors (Lipinski definition) is 1. The highest BCUT2D eigenvalue weighted by atomic mass is 35.5. The monoisotopic (exact) mass is 238 g/mol. The molecule has 0 aliphatic heterocycles. The van der Waals surface area contributed by atoms with Crippen LogP contribution >= 0.6 is 11.6 Å². The van der Waals surface area contributed by atoms with Crippen molar-refractivity contribution in [3.63, 3.8) is 0 Å². The molecule has 1 N–H and O–H groups in total. The fraction of sp³-hybridized carbons (Fsp3) is 0.615. The summed E-state index contributed by atoms with van der Waals surface area (Å²) >= 11 is 5.75. The van der Waals surface area contributed by atoms with Crippen LogP contribution in [-0.2, 0) is 0 Å². The zero-order valence-electron chi connectivity index (χ0n) is 9.75. The highest BCUT2D eigenvalue weighted by molar-refractivity contribution is 6.29. The Morgan fingerprint density at radius 3 is 2.94 bits per heavy atom. The smallest absolute Gasteiger partial charge is 0.129 e. The second-order valence-electron chi connectivity index (χ2n) is 4.68. The van der Waals surface area contributed by atoms with Crippen molar-refractivity contribution in [1.82, 2.24) is 10.3 Å². The number of halogens is 1. The Hall–Kier alpha value is -0.600. The van der Waals surface area contributed by atoms with E-state index in [2.05, 4.69) is 17.2 Å². The normalized spacial score (nSPS) is 17.4. The number of nitrogens with one attached hydrogen (secondary N) is 1. The molecule has 1 aliphatic carbocycles. The molecule has 0 aromatic carbocycles. The number of nitrogens with zero attached hydrogens (tertiary/aromatic N) is 1. The minimum absolute atomic E-state index is 0.365. The Morgan fingerprint density at radius 2 is 2.31 bits per heavy atom. The van der Waals surface area contributed by atoms with Crippen LogP contribution in [0.2, 0.25) is 5.15 Å². The van der Waals surface area contributed by atoms with E-state index in [1.165, 1.54) is 31.2 Å². The third kappa shape index (κ3) is 3.76. The number of hydrogen-bond acceptors (Lipinski definition) is 2. The summed E-state index contributed by atoms with van der Waals surface area (Å²) in [6.07, 6.45) is 7.43. The molecule has 1 saturated carbocycles. The summed E-state index contributed by atoms with van der Waals surface area (Å²) in [5, 5.41) is 4.08. The first-order chi connectivity index (χ1) is 7.75. The number of pyridine rings is 1. The molecule has 16 heavy (non-hydrogen) atoms. The molecule has 88 valence electrons. The Kier molecular flexibility index (Phi) is 4.19. The van der Waals surface area contributed by atoms with Crippen LogP contribution in [0.3, 0.4) is 0 Å². The van der Waals surface area contributed by atoms with Gasteiger partial charge in [0.25, 0.3) is 0 Å². The molecule has 0 spiro atoms. The van der Waals surface area contributed by atoms with Crippen LogP contribution < -0.4 is 5.32 Å². The first-order valence-electron chi connectivity index (χ1n) is 6.10. The van der Waals surface area contributed by atoms with Crippen molar-refractivity contribution in [1.29, 1.82) is 0 Å². The van der Waals surface area contributed by atoms with Gasteiger partial charge in [0.15, 0.2) is 0 Å². The van der Waals surface area contributed by atoms with Crippen LogP contribution in [0.1, 0.15) is 44.2 Å².